The minimum Gasteiger partial charge on any atom is -0.444 e. The van der Waals surface area contributed by atoms with Crippen molar-refractivity contribution in [3.05, 3.63) is 71.4 Å². The van der Waals surface area contributed by atoms with Crippen molar-refractivity contribution in [2.24, 2.45) is 0 Å². The predicted molar refractivity (Wildman–Crippen MR) is 160 cm³/mol. The van der Waals surface area contributed by atoms with Gasteiger partial charge in [-0.05, 0) is 69.5 Å². The number of nitrogens with zero attached hydrogens (tertiary/aromatic N) is 3. The van der Waals surface area contributed by atoms with Crippen LogP contribution in [-0.2, 0) is 4.74 Å². The standard InChI is InChI=1S/C32H35N5O2S/c1-32(2,3)39-31(38)37-16-17-40-20-28(37)30-33-19-27(36-30)23-13-10-21(11-14-23)8-9-22-12-15-25-26(18-22)35-29(34-25)24-6-4-5-7-24/h10-15,18-19,24,28H,4-7,16-17,20H2,1-3H3,(H,33,36)(H,34,35). The second-order valence-electron chi connectivity index (χ2n) is 11.6. The number of hydrogen-bond acceptors (Lipinski definition) is 5. The van der Waals surface area contributed by atoms with Crippen molar-refractivity contribution in [1.82, 2.24) is 24.8 Å². The topological polar surface area (TPSA) is 86.9 Å². The molecule has 2 aromatic carbocycles. The summed E-state index contributed by atoms with van der Waals surface area (Å²) in [6, 6.07) is 14.2. The highest BCUT2D eigenvalue weighted by molar-refractivity contribution is 7.99. The Balaban J connectivity index is 1.15. The van der Waals surface area contributed by atoms with E-state index in [1.807, 2.05) is 56.9 Å². The quantitative estimate of drug-likeness (QED) is 0.266. The molecule has 0 radical (unpaired) electrons. The van der Waals surface area contributed by atoms with Crippen LogP contribution in [0.4, 0.5) is 4.79 Å². The smallest absolute Gasteiger partial charge is 0.410 e. The molecule has 0 bridgehead atoms. The number of H-pyrrole nitrogens is 2. The summed E-state index contributed by atoms with van der Waals surface area (Å²) in [5, 5.41) is 0. The van der Waals surface area contributed by atoms with Gasteiger partial charge in [0.25, 0.3) is 0 Å². The average Bonchev–Trinajstić information content (AvgIpc) is 3.72. The van der Waals surface area contributed by atoms with E-state index in [0.29, 0.717) is 12.5 Å². The van der Waals surface area contributed by atoms with Crippen molar-refractivity contribution in [2.75, 3.05) is 18.1 Å². The Hall–Kier alpha value is -3.70. The number of hydrogen-bond donors (Lipinski definition) is 2. The van der Waals surface area contributed by atoms with Crippen LogP contribution in [0, 0.1) is 11.8 Å². The zero-order valence-electron chi connectivity index (χ0n) is 23.3. The van der Waals surface area contributed by atoms with Crippen LogP contribution in [0.3, 0.4) is 0 Å². The van der Waals surface area contributed by atoms with E-state index in [0.717, 1.165) is 56.6 Å². The second kappa shape index (κ2) is 11.1. The van der Waals surface area contributed by atoms with Gasteiger partial charge >= 0.3 is 6.09 Å². The lowest BCUT2D eigenvalue weighted by Gasteiger charge is -2.35. The zero-order chi connectivity index (χ0) is 27.7. The van der Waals surface area contributed by atoms with Crippen LogP contribution < -0.4 is 0 Å². The minimum atomic E-state index is -0.532. The lowest BCUT2D eigenvalue weighted by atomic mass is 10.1. The van der Waals surface area contributed by atoms with Crippen LogP contribution in [0.1, 0.15) is 81.2 Å². The molecule has 1 amide bonds. The van der Waals surface area contributed by atoms with Crippen LogP contribution in [-0.4, -0.2) is 54.6 Å². The number of fused-ring (bicyclic) bond motifs is 1. The maximum atomic E-state index is 12.8. The highest BCUT2D eigenvalue weighted by Gasteiger charge is 2.33. The van der Waals surface area contributed by atoms with E-state index in [1.54, 1.807) is 4.90 Å². The molecule has 2 N–H and O–H groups in total. The number of nitrogens with one attached hydrogen (secondary N) is 2. The van der Waals surface area contributed by atoms with Crippen molar-refractivity contribution >= 4 is 28.9 Å². The first-order valence-corrected chi connectivity index (χ1v) is 15.2. The molecule has 2 fully saturated rings. The number of aromatic nitrogens is 4. The van der Waals surface area contributed by atoms with E-state index in [9.17, 15) is 4.79 Å². The first-order valence-electron chi connectivity index (χ1n) is 14.1. The molecule has 1 aliphatic carbocycles. The summed E-state index contributed by atoms with van der Waals surface area (Å²) in [4.78, 5) is 31.0. The number of thioether (sulfide) groups is 1. The fourth-order valence-corrected chi connectivity index (χ4v) is 6.45. The maximum absolute atomic E-state index is 12.8. The van der Waals surface area contributed by atoms with Crippen LogP contribution in [0.2, 0.25) is 0 Å². The second-order valence-corrected chi connectivity index (χ2v) is 12.8. The summed E-state index contributed by atoms with van der Waals surface area (Å²) in [5.74, 6) is 10.7. The number of imidazole rings is 2. The largest absolute Gasteiger partial charge is 0.444 e. The molecule has 206 valence electrons. The van der Waals surface area contributed by atoms with Gasteiger partial charge in [-0.25, -0.2) is 14.8 Å². The molecule has 3 heterocycles. The molecule has 2 aliphatic rings. The van der Waals surface area contributed by atoms with E-state index >= 15 is 0 Å². The number of aromatic amines is 2. The molecule has 1 saturated carbocycles. The van der Waals surface area contributed by atoms with E-state index in [1.165, 1.54) is 25.7 Å². The summed E-state index contributed by atoms with van der Waals surface area (Å²) in [6.45, 7) is 6.31. The van der Waals surface area contributed by atoms with Gasteiger partial charge in [0.2, 0.25) is 0 Å². The van der Waals surface area contributed by atoms with Gasteiger partial charge in [0.05, 0.1) is 22.9 Å². The van der Waals surface area contributed by atoms with Gasteiger partial charge in [-0.3, -0.25) is 4.90 Å². The molecule has 1 unspecified atom stereocenters. The van der Waals surface area contributed by atoms with Gasteiger partial charge in [0, 0.05) is 35.1 Å². The lowest BCUT2D eigenvalue weighted by molar-refractivity contribution is 0.0178. The van der Waals surface area contributed by atoms with Gasteiger partial charge in [-0.2, -0.15) is 11.8 Å². The summed E-state index contributed by atoms with van der Waals surface area (Å²) in [5.41, 5.74) is 5.38. The highest BCUT2D eigenvalue weighted by Crippen LogP contribution is 2.34. The molecular formula is C32H35N5O2S. The number of carbonyl (C=O) groups excluding carboxylic acids is 1. The lowest BCUT2D eigenvalue weighted by Crippen LogP contribution is -2.44. The van der Waals surface area contributed by atoms with Crippen LogP contribution in [0.5, 0.6) is 0 Å². The molecule has 40 heavy (non-hydrogen) atoms. The monoisotopic (exact) mass is 553 g/mol. The normalized spacial score (nSPS) is 18.1. The first-order chi connectivity index (χ1) is 19.3. The van der Waals surface area contributed by atoms with Gasteiger partial charge in [0.15, 0.2) is 0 Å². The molecule has 8 heteroatoms. The van der Waals surface area contributed by atoms with Crippen LogP contribution >= 0.6 is 11.8 Å². The molecule has 1 saturated heterocycles. The summed E-state index contributed by atoms with van der Waals surface area (Å²) in [7, 11) is 0. The Bertz CT molecular complexity index is 1560. The fourth-order valence-electron chi connectivity index (χ4n) is 5.40. The van der Waals surface area contributed by atoms with Crippen LogP contribution in [0.25, 0.3) is 22.3 Å². The van der Waals surface area contributed by atoms with Crippen molar-refractivity contribution in [3.8, 4) is 23.1 Å². The molecule has 1 aliphatic heterocycles. The third-order valence-corrected chi connectivity index (χ3v) is 8.48. The van der Waals surface area contributed by atoms with E-state index < -0.39 is 5.60 Å². The fraction of sp³-hybridized carbons (Fsp3) is 0.406. The van der Waals surface area contributed by atoms with E-state index in [2.05, 4.69) is 51.1 Å². The van der Waals surface area contributed by atoms with Crippen molar-refractivity contribution in [2.45, 2.75) is 64.0 Å². The Morgan fingerprint density at radius 3 is 2.55 bits per heavy atom. The Labute approximate surface area is 239 Å². The van der Waals surface area contributed by atoms with Gasteiger partial charge in [-0.15, -0.1) is 0 Å². The summed E-state index contributed by atoms with van der Waals surface area (Å²) in [6.07, 6.45) is 6.59. The van der Waals surface area contributed by atoms with Gasteiger partial charge in [-0.1, -0.05) is 36.8 Å². The van der Waals surface area contributed by atoms with E-state index in [-0.39, 0.29) is 12.1 Å². The predicted octanol–water partition coefficient (Wildman–Crippen LogP) is 7.04. The Morgan fingerprint density at radius 1 is 1.02 bits per heavy atom. The van der Waals surface area contributed by atoms with Gasteiger partial charge < -0.3 is 14.7 Å². The number of amides is 1. The summed E-state index contributed by atoms with van der Waals surface area (Å²) < 4.78 is 5.65. The van der Waals surface area contributed by atoms with Crippen molar-refractivity contribution in [1.29, 1.82) is 0 Å². The molecular weight excluding hydrogens is 518 g/mol. The molecule has 2 aromatic heterocycles. The molecule has 7 nitrogen and oxygen atoms in total. The SMILES string of the molecule is CC(C)(C)OC(=O)N1CCSCC1c1ncc(-c2ccc(C#Cc3ccc4nc(C5CCCC5)[nH]c4c3)cc2)[nH]1. The Kier molecular flexibility index (Phi) is 7.33. The molecule has 0 spiro atoms. The number of rotatable bonds is 3. The third-order valence-electron chi connectivity index (χ3n) is 7.46. The number of carbonyl (C=O) groups is 1. The van der Waals surface area contributed by atoms with Gasteiger partial charge in [0.1, 0.15) is 23.3 Å². The molecule has 1 atom stereocenters. The molecule has 6 rings (SSSR count). The van der Waals surface area contributed by atoms with E-state index in [4.69, 9.17) is 9.72 Å². The van der Waals surface area contributed by atoms with Crippen molar-refractivity contribution in [3.63, 3.8) is 0 Å². The third kappa shape index (κ3) is 5.90. The maximum Gasteiger partial charge on any atom is 0.410 e. The molecule has 4 aromatic rings. The first kappa shape index (κ1) is 26.5. The Morgan fingerprint density at radius 2 is 1.77 bits per heavy atom. The number of ether oxygens (including phenoxy) is 1. The number of benzene rings is 2. The zero-order valence-corrected chi connectivity index (χ0v) is 24.1. The van der Waals surface area contributed by atoms with Crippen LogP contribution in [0.15, 0.2) is 48.7 Å². The average molecular weight is 554 g/mol. The highest BCUT2D eigenvalue weighted by atomic mass is 32.2. The summed E-state index contributed by atoms with van der Waals surface area (Å²) >= 11 is 1.82. The van der Waals surface area contributed by atoms with Crippen molar-refractivity contribution < 1.29 is 9.53 Å². The minimum absolute atomic E-state index is 0.144.